The van der Waals surface area contributed by atoms with E-state index >= 15 is 0 Å². The Balaban J connectivity index is 1.44. The molecule has 0 saturated heterocycles. The van der Waals surface area contributed by atoms with Crippen LogP contribution in [0.15, 0.2) is 59.9 Å². The Labute approximate surface area is 194 Å². The Hall–Kier alpha value is -3.28. The number of Topliss-reactive ketones (excluding diaryl/α,β-unsaturated/α-hetero) is 1. The van der Waals surface area contributed by atoms with Crippen molar-refractivity contribution in [3.8, 4) is 11.8 Å². The topological polar surface area (TPSA) is 85.7 Å². The SMILES string of the molecule is Cn1c(COc2ccccc2Cl)nnc1SCC(=O)c1cn(CCC#N)c2ccccc12. The van der Waals surface area contributed by atoms with Crippen LogP contribution in [0.1, 0.15) is 22.6 Å². The maximum absolute atomic E-state index is 13.0. The number of rotatable bonds is 9. The summed E-state index contributed by atoms with van der Waals surface area (Å²) in [6.45, 7) is 0.767. The van der Waals surface area contributed by atoms with Crippen molar-refractivity contribution < 1.29 is 9.53 Å². The number of hydrogen-bond acceptors (Lipinski definition) is 6. The molecule has 9 heteroatoms. The Morgan fingerprint density at radius 2 is 1.97 bits per heavy atom. The van der Waals surface area contributed by atoms with Crippen molar-refractivity contribution in [2.45, 2.75) is 24.7 Å². The quantitative estimate of drug-likeness (QED) is 0.258. The van der Waals surface area contributed by atoms with Gasteiger partial charge in [0.05, 0.1) is 23.3 Å². The number of benzene rings is 2. The lowest BCUT2D eigenvalue weighted by Crippen LogP contribution is -2.06. The number of aryl methyl sites for hydroxylation is 1. The second-order valence-corrected chi connectivity index (χ2v) is 8.40. The Morgan fingerprint density at radius 3 is 2.78 bits per heavy atom. The molecule has 2 aromatic heterocycles. The van der Waals surface area contributed by atoms with Gasteiger partial charge in [0.2, 0.25) is 0 Å². The first-order valence-corrected chi connectivity index (χ1v) is 11.3. The first kappa shape index (κ1) is 21.9. The maximum atomic E-state index is 13.0. The number of aromatic nitrogens is 4. The number of nitriles is 1. The predicted molar refractivity (Wildman–Crippen MR) is 124 cm³/mol. The minimum Gasteiger partial charge on any atom is -0.484 e. The van der Waals surface area contributed by atoms with Crippen molar-refractivity contribution in [2.75, 3.05) is 5.75 Å². The maximum Gasteiger partial charge on any atom is 0.191 e. The lowest BCUT2D eigenvalue weighted by molar-refractivity contribution is 0.102. The molecule has 0 fully saturated rings. The zero-order valence-corrected chi connectivity index (χ0v) is 18.9. The van der Waals surface area contributed by atoms with Crippen LogP contribution in [-0.2, 0) is 20.2 Å². The van der Waals surface area contributed by atoms with Gasteiger partial charge < -0.3 is 13.9 Å². The van der Waals surface area contributed by atoms with Gasteiger partial charge in [-0.05, 0) is 18.2 Å². The summed E-state index contributed by atoms with van der Waals surface area (Å²) in [5.74, 6) is 1.44. The van der Waals surface area contributed by atoms with E-state index in [1.165, 1.54) is 11.8 Å². The highest BCUT2D eigenvalue weighted by molar-refractivity contribution is 7.99. The third kappa shape index (κ3) is 4.64. The zero-order chi connectivity index (χ0) is 22.5. The molecular formula is C23H20ClN5O2S. The lowest BCUT2D eigenvalue weighted by Gasteiger charge is -2.07. The van der Waals surface area contributed by atoms with Gasteiger partial charge in [0, 0.05) is 36.3 Å². The molecule has 2 heterocycles. The third-order valence-corrected chi connectivity index (χ3v) is 6.34. The molecule has 0 aliphatic heterocycles. The molecule has 4 aromatic rings. The number of carbonyl (C=O) groups excluding carboxylic acids is 1. The molecule has 0 amide bonds. The van der Waals surface area contributed by atoms with Gasteiger partial charge in [0.15, 0.2) is 16.8 Å². The summed E-state index contributed by atoms with van der Waals surface area (Å²) in [7, 11) is 1.84. The molecule has 0 spiro atoms. The van der Waals surface area contributed by atoms with E-state index in [1.54, 1.807) is 12.1 Å². The van der Waals surface area contributed by atoms with Crippen LogP contribution in [0.3, 0.4) is 0 Å². The fourth-order valence-corrected chi connectivity index (χ4v) is 4.34. The zero-order valence-electron chi connectivity index (χ0n) is 17.4. The average Bonchev–Trinajstić information content (AvgIpc) is 3.36. The van der Waals surface area contributed by atoms with E-state index in [0.29, 0.717) is 40.3 Å². The van der Waals surface area contributed by atoms with Gasteiger partial charge in [-0.2, -0.15) is 5.26 Å². The summed E-state index contributed by atoms with van der Waals surface area (Å²) in [6, 6.07) is 17.1. The number of ketones is 1. The van der Waals surface area contributed by atoms with Crippen LogP contribution in [0.5, 0.6) is 5.75 Å². The molecule has 0 bridgehead atoms. The van der Waals surface area contributed by atoms with Crippen LogP contribution in [0.4, 0.5) is 0 Å². The van der Waals surface area contributed by atoms with Crippen LogP contribution in [0.2, 0.25) is 5.02 Å². The van der Waals surface area contributed by atoms with E-state index in [4.69, 9.17) is 21.6 Å². The molecule has 0 radical (unpaired) electrons. The lowest BCUT2D eigenvalue weighted by atomic mass is 10.1. The molecule has 0 unspecified atom stereocenters. The van der Waals surface area contributed by atoms with Crippen LogP contribution in [0, 0.1) is 11.3 Å². The molecule has 7 nitrogen and oxygen atoms in total. The molecule has 32 heavy (non-hydrogen) atoms. The normalized spacial score (nSPS) is 10.9. The van der Waals surface area contributed by atoms with E-state index < -0.39 is 0 Å². The summed E-state index contributed by atoms with van der Waals surface area (Å²) < 4.78 is 9.51. The van der Waals surface area contributed by atoms with E-state index in [9.17, 15) is 4.79 Å². The third-order valence-electron chi connectivity index (χ3n) is 5.00. The van der Waals surface area contributed by atoms with Crippen molar-refractivity contribution in [1.29, 1.82) is 5.26 Å². The summed E-state index contributed by atoms with van der Waals surface area (Å²) in [5.41, 5.74) is 1.60. The van der Waals surface area contributed by atoms with Crippen LogP contribution in [-0.4, -0.2) is 30.9 Å². The van der Waals surface area contributed by atoms with Gasteiger partial charge in [-0.1, -0.05) is 53.7 Å². The summed E-state index contributed by atoms with van der Waals surface area (Å²) in [6.07, 6.45) is 2.23. The van der Waals surface area contributed by atoms with Gasteiger partial charge in [-0.15, -0.1) is 10.2 Å². The van der Waals surface area contributed by atoms with Crippen molar-refractivity contribution >= 4 is 40.0 Å². The number of carbonyl (C=O) groups is 1. The van der Waals surface area contributed by atoms with Crippen molar-refractivity contribution in [2.24, 2.45) is 7.05 Å². The number of nitrogens with zero attached hydrogens (tertiary/aromatic N) is 5. The van der Waals surface area contributed by atoms with E-state index in [2.05, 4.69) is 16.3 Å². The second-order valence-electron chi connectivity index (χ2n) is 7.05. The molecule has 0 aliphatic rings. The summed E-state index contributed by atoms with van der Waals surface area (Å²) in [4.78, 5) is 13.0. The number of hydrogen-bond donors (Lipinski definition) is 0. The second kappa shape index (κ2) is 9.90. The molecular weight excluding hydrogens is 446 g/mol. The number of para-hydroxylation sites is 2. The molecule has 4 rings (SSSR count). The van der Waals surface area contributed by atoms with E-state index in [0.717, 1.165) is 10.9 Å². The molecule has 162 valence electrons. The minimum absolute atomic E-state index is 0.00113. The van der Waals surface area contributed by atoms with Gasteiger partial charge in [-0.25, -0.2) is 0 Å². The highest BCUT2D eigenvalue weighted by atomic mass is 35.5. The fraction of sp³-hybridized carbons (Fsp3) is 0.217. The van der Waals surface area contributed by atoms with Gasteiger partial charge in [0.25, 0.3) is 0 Å². The smallest absolute Gasteiger partial charge is 0.191 e. The van der Waals surface area contributed by atoms with Crippen molar-refractivity contribution in [3.63, 3.8) is 0 Å². The Morgan fingerprint density at radius 1 is 1.19 bits per heavy atom. The first-order valence-electron chi connectivity index (χ1n) is 9.95. The predicted octanol–water partition coefficient (Wildman–Crippen LogP) is 4.89. The van der Waals surface area contributed by atoms with Gasteiger partial charge in [-0.3, -0.25) is 4.79 Å². The number of thioether (sulfide) groups is 1. The van der Waals surface area contributed by atoms with Gasteiger partial charge >= 0.3 is 0 Å². The molecule has 0 saturated carbocycles. The minimum atomic E-state index is -0.00113. The highest BCUT2D eigenvalue weighted by Crippen LogP contribution is 2.26. The largest absolute Gasteiger partial charge is 0.484 e. The standard InChI is InChI=1S/C23H20ClN5O2S/c1-28-22(14-31-21-10-5-3-8-18(21)24)26-27-23(28)32-15-20(30)17-13-29(12-6-11-25)19-9-4-2-7-16(17)19/h2-5,7-10,13H,6,12,14-15H2,1H3. The van der Waals surface area contributed by atoms with Crippen LogP contribution >= 0.6 is 23.4 Å². The highest BCUT2D eigenvalue weighted by Gasteiger charge is 2.17. The monoisotopic (exact) mass is 465 g/mol. The van der Waals surface area contributed by atoms with Crippen LogP contribution < -0.4 is 4.74 Å². The summed E-state index contributed by atoms with van der Waals surface area (Å²) >= 11 is 7.45. The molecule has 0 aliphatic carbocycles. The number of fused-ring (bicyclic) bond motifs is 1. The number of ether oxygens (including phenoxy) is 1. The Kier molecular flexibility index (Phi) is 6.78. The molecule has 2 aromatic carbocycles. The summed E-state index contributed by atoms with van der Waals surface area (Å²) in [5, 5.41) is 19.3. The molecule has 0 atom stereocenters. The van der Waals surface area contributed by atoms with Crippen molar-refractivity contribution in [3.05, 3.63) is 71.1 Å². The average molecular weight is 466 g/mol. The fourth-order valence-electron chi connectivity index (χ4n) is 3.33. The first-order chi connectivity index (χ1) is 15.6. The van der Waals surface area contributed by atoms with E-state index in [-0.39, 0.29) is 18.1 Å². The number of halogens is 1. The molecule has 0 N–H and O–H groups in total. The van der Waals surface area contributed by atoms with E-state index in [1.807, 2.05) is 58.8 Å². The van der Waals surface area contributed by atoms with Gasteiger partial charge in [0.1, 0.15) is 12.4 Å². The Bertz CT molecular complexity index is 1310. The van der Waals surface area contributed by atoms with Crippen molar-refractivity contribution in [1.82, 2.24) is 19.3 Å². The van der Waals surface area contributed by atoms with Crippen LogP contribution in [0.25, 0.3) is 10.9 Å².